The largest absolute Gasteiger partial charge is 0.473 e. The van der Waals surface area contributed by atoms with E-state index in [1.54, 1.807) is 0 Å². The third-order valence-corrected chi connectivity index (χ3v) is 2.99. The molecule has 120 valence electrons. The lowest BCUT2D eigenvalue weighted by Crippen LogP contribution is -2.27. The zero-order valence-corrected chi connectivity index (χ0v) is 12.4. The number of carboxylic acids is 2. The molecule has 0 spiro atoms. The van der Waals surface area contributed by atoms with Gasteiger partial charge in [-0.2, -0.15) is 0 Å². The van der Waals surface area contributed by atoms with Crippen molar-refractivity contribution in [2.45, 2.75) is 13.0 Å². The number of amidine groups is 1. The van der Waals surface area contributed by atoms with E-state index in [4.69, 9.17) is 24.2 Å². The molecule has 1 aliphatic rings. The zero-order chi connectivity index (χ0) is 16.8. The summed E-state index contributed by atoms with van der Waals surface area (Å²) in [6, 6.07) is 14.4. The summed E-state index contributed by atoms with van der Waals surface area (Å²) in [5.41, 5.74) is 1.09. The fourth-order valence-corrected chi connectivity index (χ4v) is 1.92. The van der Waals surface area contributed by atoms with Gasteiger partial charge in [0.05, 0.1) is 6.54 Å². The SMILES string of the molecule is CC1CN=C(c2ccc(-c3ccccc3)o2)N1.O=C(O)C(=O)O. The number of furan rings is 1. The Morgan fingerprint density at radius 3 is 2.22 bits per heavy atom. The van der Waals surface area contributed by atoms with Crippen molar-refractivity contribution in [2.24, 2.45) is 4.99 Å². The molecule has 2 aromatic rings. The summed E-state index contributed by atoms with van der Waals surface area (Å²) >= 11 is 0. The number of hydrogen-bond donors (Lipinski definition) is 3. The van der Waals surface area contributed by atoms with Crippen LogP contribution in [0.5, 0.6) is 0 Å². The summed E-state index contributed by atoms with van der Waals surface area (Å²) < 4.78 is 5.81. The highest BCUT2D eigenvalue weighted by Crippen LogP contribution is 2.22. The first-order chi connectivity index (χ1) is 11.0. The standard InChI is InChI=1S/C14H14N2O.C2H2O4/c1-10-9-15-14(16-10)13-8-7-12(17-13)11-5-3-2-4-6-11;3-1(4)2(5)6/h2-8,10H,9H2,1H3,(H,15,16);(H,3,4)(H,5,6). The van der Waals surface area contributed by atoms with Crippen molar-refractivity contribution in [3.05, 3.63) is 48.2 Å². The van der Waals surface area contributed by atoms with Crippen molar-refractivity contribution < 1.29 is 24.2 Å². The Morgan fingerprint density at radius 1 is 1.09 bits per heavy atom. The van der Waals surface area contributed by atoms with Crippen molar-refractivity contribution >= 4 is 17.8 Å². The Kier molecular flexibility index (Phi) is 5.14. The van der Waals surface area contributed by atoms with Crippen LogP contribution in [0.1, 0.15) is 12.7 Å². The van der Waals surface area contributed by atoms with Crippen LogP contribution in [0.2, 0.25) is 0 Å². The van der Waals surface area contributed by atoms with Crippen LogP contribution in [0, 0.1) is 0 Å². The molecular weight excluding hydrogens is 300 g/mol. The monoisotopic (exact) mass is 316 g/mol. The van der Waals surface area contributed by atoms with Gasteiger partial charge < -0.3 is 19.9 Å². The second-order valence-electron chi connectivity index (χ2n) is 4.87. The first-order valence-corrected chi connectivity index (χ1v) is 6.90. The summed E-state index contributed by atoms with van der Waals surface area (Å²) in [6.45, 7) is 2.92. The molecule has 7 nitrogen and oxygen atoms in total. The van der Waals surface area contributed by atoms with Crippen LogP contribution >= 0.6 is 0 Å². The zero-order valence-electron chi connectivity index (χ0n) is 12.4. The van der Waals surface area contributed by atoms with Crippen LogP contribution in [0.15, 0.2) is 51.9 Å². The van der Waals surface area contributed by atoms with Crippen molar-refractivity contribution in [3.8, 4) is 11.3 Å². The molecule has 1 aromatic heterocycles. The maximum atomic E-state index is 9.10. The van der Waals surface area contributed by atoms with E-state index in [-0.39, 0.29) is 0 Å². The van der Waals surface area contributed by atoms with Gasteiger partial charge in [-0.15, -0.1) is 0 Å². The molecule has 0 aliphatic carbocycles. The average molecular weight is 316 g/mol. The van der Waals surface area contributed by atoms with Gasteiger partial charge >= 0.3 is 11.9 Å². The van der Waals surface area contributed by atoms with E-state index in [0.717, 1.165) is 29.5 Å². The fourth-order valence-electron chi connectivity index (χ4n) is 1.92. The number of aliphatic carboxylic acids is 2. The number of carbonyl (C=O) groups is 2. The third kappa shape index (κ3) is 4.44. The first-order valence-electron chi connectivity index (χ1n) is 6.90. The Labute approximate surface area is 132 Å². The molecule has 1 atom stereocenters. The Morgan fingerprint density at radius 2 is 1.70 bits per heavy atom. The molecule has 23 heavy (non-hydrogen) atoms. The molecule has 1 unspecified atom stereocenters. The van der Waals surface area contributed by atoms with E-state index >= 15 is 0 Å². The summed E-state index contributed by atoms with van der Waals surface area (Å²) in [5, 5.41) is 18.1. The van der Waals surface area contributed by atoms with Crippen LogP contribution in [0.4, 0.5) is 0 Å². The summed E-state index contributed by atoms with van der Waals surface area (Å²) in [6.07, 6.45) is 0. The molecular formula is C16H16N2O5. The molecule has 1 aliphatic heterocycles. The number of nitrogens with zero attached hydrogens (tertiary/aromatic N) is 1. The van der Waals surface area contributed by atoms with Gasteiger partial charge in [0.2, 0.25) is 0 Å². The predicted octanol–water partition coefficient (Wildman–Crippen LogP) is 1.84. The minimum atomic E-state index is -1.82. The van der Waals surface area contributed by atoms with Gasteiger partial charge in [0.25, 0.3) is 0 Å². The molecule has 0 radical (unpaired) electrons. The lowest BCUT2D eigenvalue weighted by atomic mass is 10.2. The topological polar surface area (TPSA) is 112 Å². The van der Waals surface area contributed by atoms with Gasteiger partial charge in [-0.1, -0.05) is 30.3 Å². The predicted molar refractivity (Wildman–Crippen MR) is 83.4 cm³/mol. The normalized spacial score (nSPS) is 15.9. The van der Waals surface area contributed by atoms with Crippen LogP contribution in [-0.2, 0) is 9.59 Å². The Balaban J connectivity index is 0.000000277. The van der Waals surface area contributed by atoms with E-state index < -0.39 is 11.9 Å². The van der Waals surface area contributed by atoms with Crippen molar-refractivity contribution in [3.63, 3.8) is 0 Å². The Bertz CT molecular complexity index is 709. The summed E-state index contributed by atoms with van der Waals surface area (Å²) in [7, 11) is 0. The van der Waals surface area contributed by atoms with Gasteiger partial charge in [0.1, 0.15) is 5.76 Å². The number of benzene rings is 1. The highest BCUT2D eigenvalue weighted by atomic mass is 16.4. The molecule has 1 aromatic carbocycles. The van der Waals surface area contributed by atoms with E-state index in [2.05, 4.69) is 17.2 Å². The molecule has 3 rings (SSSR count). The second kappa shape index (κ2) is 7.26. The van der Waals surface area contributed by atoms with E-state index in [0.29, 0.717) is 6.04 Å². The van der Waals surface area contributed by atoms with Crippen LogP contribution in [0.25, 0.3) is 11.3 Å². The van der Waals surface area contributed by atoms with Crippen LogP contribution in [-0.4, -0.2) is 40.6 Å². The molecule has 2 heterocycles. The summed E-state index contributed by atoms with van der Waals surface area (Å²) in [5.74, 6) is -1.09. The molecule has 3 N–H and O–H groups in total. The lowest BCUT2D eigenvalue weighted by Gasteiger charge is -2.02. The van der Waals surface area contributed by atoms with E-state index in [9.17, 15) is 0 Å². The number of hydrogen-bond acceptors (Lipinski definition) is 5. The van der Waals surface area contributed by atoms with Gasteiger partial charge in [0.15, 0.2) is 11.6 Å². The Hall–Kier alpha value is -3.09. The van der Waals surface area contributed by atoms with E-state index in [1.807, 2.05) is 42.5 Å². The number of rotatable bonds is 2. The van der Waals surface area contributed by atoms with Crippen LogP contribution < -0.4 is 5.32 Å². The fraction of sp³-hybridized carbons (Fsp3) is 0.188. The minimum Gasteiger partial charge on any atom is -0.473 e. The lowest BCUT2D eigenvalue weighted by molar-refractivity contribution is -0.159. The smallest absolute Gasteiger partial charge is 0.414 e. The van der Waals surface area contributed by atoms with Crippen molar-refractivity contribution in [2.75, 3.05) is 6.54 Å². The highest BCUT2D eigenvalue weighted by molar-refractivity contribution is 6.27. The van der Waals surface area contributed by atoms with E-state index in [1.165, 1.54) is 0 Å². The summed E-state index contributed by atoms with van der Waals surface area (Å²) in [4.78, 5) is 22.6. The second-order valence-corrected chi connectivity index (χ2v) is 4.87. The maximum absolute atomic E-state index is 9.10. The van der Waals surface area contributed by atoms with Crippen LogP contribution in [0.3, 0.4) is 0 Å². The number of carboxylic acid groups (broad SMARTS) is 2. The molecule has 0 bridgehead atoms. The van der Waals surface area contributed by atoms with Crippen molar-refractivity contribution in [1.29, 1.82) is 0 Å². The van der Waals surface area contributed by atoms with Gasteiger partial charge in [-0.3, -0.25) is 4.99 Å². The van der Waals surface area contributed by atoms with Crippen molar-refractivity contribution in [1.82, 2.24) is 5.32 Å². The number of aliphatic imine (C=N–C) groups is 1. The minimum absolute atomic E-state index is 0.398. The first kappa shape index (κ1) is 16.3. The van der Waals surface area contributed by atoms with Gasteiger partial charge in [-0.25, -0.2) is 9.59 Å². The van der Waals surface area contributed by atoms with Gasteiger partial charge in [0, 0.05) is 11.6 Å². The molecule has 0 fully saturated rings. The maximum Gasteiger partial charge on any atom is 0.414 e. The molecule has 0 saturated heterocycles. The highest BCUT2D eigenvalue weighted by Gasteiger charge is 2.17. The molecule has 7 heteroatoms. The van der Waals surface area contributed by atoms with Gasteiger partial charge in [-0.05, 0) is 19.1 Å². The molecule has 0 saturated carbocycles. The third-order valence-electron chi connectivity index (χ3n) is 2.99. The molecule has 0 amide bonds. The quantitative estimate of drug-likeness (QED) is 0.729. The average Bonchev–Trinajstić information content (AvgIpc) is 3.17. The number of nitrogens with one attached hydrogen (secondary N) is 1.